The van der Waals surface area contributed by atoms with Crippen LogP contribution in [0.15, 0.2) is 39.4 Å². The second kappa shape index (κ2) is 7.27. The molecule has 0 aliphatic rings. The van der Waals surface area contributed by atoms with Crippen molar-refractivity contribution < 1.29 is 9.21 Å². The highest BCUT2D eigenvalue weighted by molar-refractivity contribution is 9.10. The van der Waals surface area contributed by atoms with E-state index in [1.165, 1.54) is 0 Å². The molecule has 23 heavy (non-hydrogen) atoms. The van der Waals surface area contributed by atoms with Gasteiger partial charge < -0.3 is 9.73 Å². The molecular formula is C17H22BrN3O2. The normalized spacial score (nSPS) is 11.7. The predicted molar refractivity (Wildman–Crippen MR) is 93.9 cm³/mol. The molecule has 1 amide bonds. The number of nitrogens with one attached hydrogen (secondary N) is 1. The molecule has 2 rings (SSSR count). The number of halogens is 1. The van der Waals surface area contributed by atoms with Crippen molar-refractivity contribution in [2.24, 2.45) is 0 Å². The molecule has 0 saturated carbocycles. The number of carbonyl (C=O) groups excluding carboxylic acids is 1. The lowest BCUT2D eigenvalue weighted by Crippen LogP contribution is -2.45. The Kier molecular flexibility index (Phi) is 5.59. The Labute approximate surface area is 145 Å². The summed E-state index contributed by atoms with van der Waals surface area (Å²) in [6.07, 6.45) is 1.63. The molecule has 124 valence electrons. The molecular weight excluding hydrogens is 358 g/mol. The molecule has 0 bridgehead atoms. The van der Waals surface area contributed by atoms with Crippen molar-refractivity contribution in [2.45, 2.75) is 32.9 Å². The summed E-state index contributed by atoms with van der Waals surface area (Å²) in [4.78, 5) is 18.3. The van der Waals surface area contributed by atoms with Crippen LogP contribution in [-0.4, -0.2) is 34.9 Å². The van der Waals surface area contributed by atoms with Crippen LogP contribution >= 0.6 is 15.9 Å². The van der Waals surface area contributed by atoms with Gasteiger partial charge in [0, 0.05) is 22.1 Å². The van der Waals surface area contributed by atoms with Crippen LogP contribution in [0.3, 0.4) is 0 Å². The second-order valence-electron chi connectivity index (χ2n) is 6.62. The van der Waals surface area contributed by atoms with Crippen LogP contribution in [0.1, 0.15) is 26.5 Å². The molecule has 6 heteroatoms. The summed E-state index contributed by atoms with van der Waals surface area (Å²) in [7, 11) is 1.89. The number of hydrogen-bond donors (Lipinski definition) is 1. The first kappa shape index (κ1) is 17.7. The number of rotatable bonds is 5. The average Bonchev–Trinajstić information content (AvgIpc) is 2.85. The van der Waals surface area contributed by atoms with Crippen molar-refractivity contribution in [1.29, 1.82) is 0 Å². The summed E-state index contributed by atoms with van der Waals surface area (Å²) in [5.41, 5.74) is 1.50. The van der Waals surface area contributed by atoms with E-state index in [0.717, 1.165) is 15.7 Å². The van der Waals surface area contributed by atoms with Crippen molar-refractivity contribution >= 4 is 21.8 Å². The van der Waals surface area contributed by atoms with Crippen molar-refractivity contribution in [3.63, 3.8) is 0 Å². The molecule has 0 aliphatic heterocycles. The van der Waals surface area contributed by atoms with Crippen LogP contribution in [0.2, 0.25) is 0 Å². The maximum atomic E-state index is 11.9. The highest BCUT2D eigenvalue weighted by Crippen LogP contribution is 2.21. The van der Waals surface area contributed by atoms with Gasteiger partial charge in [0.25, 0.3) is 0 Å². The summed E-state index contributed by atoms with van der Waals surface area (Å²) in [5, 5.41) is 2.94. The van der Waals surface area contributed by atoms with Crippen LogP contribution in [0.4, 0.5) is 0 Å². The van der Waals surface area contributed by atoms with Crippen LogP contribution in [0.5, 0.6) is 0 Å². The number of aromatic nitrogens is 1. The van der Waals surface area contributed by atoms with Crippen molar-refractivity contribution in [3.05, 3.63) is 40.7 Å². The zero-order valence-electron chi connectivity index (χ0n) is 13.9. The van der Waals surface area contributed by atoms with E-state index in [4.69, 9.17) is 4.42 Å². The lowest BCUT2D eigenvalue weighted by atomic mass is 10.1. The Hall–Kier alpha value is -1.66. The first-order valence-corrected chi connectivity index (χ1v) is 8.22. The molecule has 0 aliphatic carbocycles. The average molecular weight is 380 g/mol. The molecule has 1 heterocycles. The molecule has 1 aromatic heterocycles. The van der Waals surface area contributed by atoms with Gasteiger partial charge in [-0.25, -0.2) is 4.98 Å². The van der Waals surface area contributed by atoms with E-state index in [2.05, 4.69) is 26.2 Å². The Morgan fingerprint density at radius 3 is 2.57 bits per heavy atom. The molecule has 2 aromatic rings. The number of oxazole rings is 1. The third kappa shape index (κ3) is 5.80. The van der Waals surface area contributed by atoms with Crippen LogP contribution < -0.4 is 5.32 Å². The minimum Gasteiger partial charge on any atom is -0.444 e. The Morgan fingerprint density at radius 2 is 1.96 bits per heavy atom. The van der Waals surface area contributed by atoms with Gasteiger partial charge in [-0.2, -0.15) is 0 Å². The van der Waals surface area contributed by atoms with Gasteiger partial charge in [0.2, 0.25) is 11.8 Å². The van der Waals surface area contributed by atoms with E-state index in [9.17, 15) is 4.79 Å². The smallest absolute Gasteiger partial charge is 0.234 e. The van der Waals surface area contributed by atoms with Gasteiger partial charge in [-0.3, -0.25) is 9.69 Å². The van der Waals surface area contributed by atoms with E-state index >= 15 is 0 Å². The van der Waals surface area contributed by atoms with E-state index in [-0.39, 0.29) is 11.4 Å². The fourth-order valence-electron chi connectivity index (χ4n) is 2.14. The van der Waals surface area contributed by atoms with Gasteiger partial charge in [-0.05, 0) is 52.1 Å². The van der Waals surface area contributed by atoms with E-state index in [1.54, 1.807) is 6.26 Å². The number of benzene rings is 1. The molecule has 0 unspecified atom stereocenters. The summed E-state index contributed by atoms with van der Waals surface area (Å²) >= 11 is 3.40. The van der Waals surface area contributed by atoms with E-state index < -0.39 is 0 Å². The Balaban J connectivity index is 1.93. The highest BCUT2D eigenvalue weighted by Gasteiger charge is 2.16. The van der Waals surface area contributed by atoms with E-state index in [0.29, 0.717) is 19.0 Å². The SMILES string of the molecule is CN(CC(=O)NC(C)(C)C)Cc1coc(-c2ccc(Br)cc2)n1. The number of nitrogens with zero attached hydrogens (tertiary/aromatic N) is 2. The minimum absolute atomic E-state index is 0.00312. The van der Waals surface area contributed by atoms with Gasteiger partial charge in [0.1, 0.15) is 6.26 Å². The number of carbonyl (C=O) groups is 1. The van der Waals surface area contributed by atoms with Gasteiger partial charge in [-0.15, -0.1) is 0 Å². The standard InChI is InChI=1S/C17H22BrN3O2/c1-17(2,3)20-15(22)10-21(4)9-14-11-23-16(19-14)12-5-7-13(18)8-6-12/h5-8,11H,9-10H2,1-4H3,(H,20,22). The Morgan fingerprint density at radius 1 is 1.30 bits per heavy atom. The summed E-state index contributed by atoms with van der Waals surface area (Å²) < 4.78 is 6.54. The van der Waals surface area contributed by atoms with Crippen LogP contribution in [-0.2, 0) is 11.3 Å². The van der Waals surface area contributed by atoms with Crippen LogP contribution in [0.25, 0.3) is 11.5 Å². The molecule has 0 atom stereocenters. The van der Waals surface area contributed by atoms with Crippen molar-refractivity contribution in [1.82, 2.24) is 15.2 Å². The first-order chi connectivity index (χ1) is 10.7. The number of likely N-dealkylation sites (N-methyl/N-ethyl adjacent to an activating group) is 1. The first-order valence-electron chi connectivity index (χ1n) is 7.43. The van der Waals surface area contributed by atoms with Gasteiger partial charge in [0.05, 0.1) is 12.2 Å². The lowest BCUT2D eigenvalue weighted by Gasteiger charge is -2.22. The summed E-state index contributed by atoms with van der Waals surface area (Å²) in [6.45, 7) is 6.77. The van der Waals surface area contributed by atoms with Gasteiger partial charge in [-0.1, -0.05) is 15.9 Å². The molecule has 0 fully saturated rings. The molecule has 0 spiro atoms. The predicted octanol–water partition coefficient (Wildman–Crippen LogP) is 3.45. The summed E-state index contributed by atoms with van der Waals surface area (Å²) in [6, 6.07) is 7.78. The molecule has 1 N–H and O–H groups in total. The number of hydrogen-bond acceptors (Lipinski definition) is 4. The Bertz CT molecular complexity index is 659. The quantitative estimate of drug-likeness (QED) is 0.863. The largest absolute Gasteiger partial charge is 0.444 e. The molecule has 0 radical (unpaired) electrons. The monoisotopic (exact) mass is 379 g/mol. The zero-order valence-corrected chi connectivity index (χ0v) is 15.5. The maximum absolute atomic E-state index is 11.9. The van der Waals surface area contributed by atoms with Crippen molar-refractivity contribution in [3.8, 4) is 11.5 Å². The zero-order chi connectivity index (χ0) is 17.0. The van der Waals surface area contributed by atoms with Crippen molar-refractivity contribution in [2.75, 3.05) is 13.6 Å². The minimum atomic E-state index is -0.222. The van der Waals surface area contributed by atoms with Gasteiger partial charge >= 0.3 is 0 Å². The second-order valence-corrected chi connectivity index (χ2v) is 7.54. The lowest BCUT2D eigenvalue weighted by molar-refractivity contribution is -0.123. The topological polar surface area (TPSA) is 58.4 Å². The fourth-order valence-corrected chi connectivity index (χ4v) is 2.40. The fraction of sp³-hybridized carbons (Fsp3) is 0.412. The highest BCUT2D eigenvalue weighted by atomic mass is 79.9. The van der Waals surface area contributed by atoms with E-state index in [1.807, 2.05) is 57.0 Å². The summed E-state index contributed by atoms with van der Waals surface area (Å²) in [5.74, 6) is 0.580. The van der Waals surface area contributed by atoms with Crippen LogP contribution in [0, 0.1) is 0 Å². The number of amides is 1. The molecule has 0 saturated heterocycles. The maximum Gasteiger partial charge on any atom is 0.234 e. The molecule has 1 aromatic carbocycles. The third-order valence-corrected chi connectivity index (χ3v) is 3.53. The third-order valence-electron chi connectivity index (χ3n) is 3.00. The molecule has 5 nitrogen and oxygen atoms in total. The van der Waals surface area contributed by atoms with Gasteiger partial charge in [0.15, 0.2) is 0 Å².